The van der Waals surface area contributed by atoms with Crippen LogP contribution >= 0.6 is 11.3 Å². The average Bonchev–Trinajstić information content (AvgIpc) is 3.27. The highest BCUT2D eigenvalue weighted by Gasteiger charge is 2.21. The number of piperazine rings is 1. The molecule has 1 aromatic heterocycles. The lowest BCUT2D eigenvalue weighted by Gasteiger charge is -2.35. The molecule has 1 aliphatic heterocycles. The van der Waals surface area contributed by atoms with Gasteiger partial charge in [0, 0.05) is 45.4 Å². The Labute approximate surface area is 218 Å². The van der Waals surface area contributed by atoms with E-state index < -0.39 is 6.10 Å². The molecule has 1 aliphatic carbocycles. The van der Waals surface area contributed by atoms with Crippen molar-refractivity contribution in [2.24, 2.45) is 0 Å². The van der Waals surface area contributed by atoms with Gasteiger partial charge in [-0.05, 0) is 68.8 Å². The van der Waals surface area contributed by atoms with Crippen LogP contribution in [0.15, 0.2) is 42.5 Å². The van der Waals surface area contributed by atoms with Crippen molar-refractivity contribution in [1.82, 2.24) is 14.8 Å². The predicted octanol–water partition coefficient (Wildman–Crippen LogP) is 4.84. The molecular formula is C29H39N3O3S. The minimum absolute atomic E-state index is 0.285. The van der Waals surface area contributed by atoms with Gasteiger partial charge in [-0.25, -0.2) is 4.98 Å². The summed E-state index contributed by atoms with van der Waals surface area (Å²) in [6, 6.07) is 14.7. The molecule has 2 heterocycles. The first-order valence-electron chi connectivity index (χ1n) is 13.5. The zero-order valence-electron chi connectivity index (χ0n) is 21.4. The molecule has 0 spiro atoms. The van der Waals surface area contributed by atoms with Gasteiger partial charge < -0.3 is 19.5 Å². The van der Waals surface area contributed by atoms with Gasteiger partial charge >= 0.3 is 0 Å². The van der Waals surface area contributed by atoms with E-state index in [1.165, 1.54) is 35.1 Å². The van der Waals surface area contributed by atoms with Crippen molar-refractivity contribution in [3.05, 3.63) is 58.6 Å². The summed E-state index contributed by atoms with van der Waals surface area (Å²) in [6.45, 7) is 9.06. The standard InChI is InChI=1S/C29H39N3O3S/c1-22-30-27-19-25(11-12-29(27)36-22)35-21-24(33)20-32-16-14-31(15-17-32)13-4-5-18-34-28-10-6-8-23-7-2-3-9-26(23)28/h2-3,7,9,11-12,19,24,28,33H,4-6,8,10,13-18,20-21H2,1H3/t24-,28?/m1/s1. The van der Waals surface area contributed by atoms with Crippen LogP contribution in [0.2, 0.25) is 0 Å². The highest BCUT2D eigenvalue weighted by molar-refractivity contribution is 7.18. The fraction of sp³-hybridized carbons (Fsp3) is 0.552. The Hall–Kier alpha value is -2.03. The third-order valence-corrected chi connectivity index (χ3v) is 8.30. The Bertz CT molecular complexity index is 1110. The van der Waals surface area contributed by atoms with Gasteiger partial charge in [-0.15, -0.1) is 11.3 Å². The molecule has 36 heavy (non-hydrogen) atoms. The molecule has 194 valence electrons. The Balaban J connectivity index is 0.942. The van der Waals surface area contributed by atoms with Gasteiger partial charge in [0.2, 0.25) is 0 Å². The first-order valence-corrected chi connectivity index (χ1v) is 14.3. The number of fused-ring (bicyclic) bond motifs is 2. The SMILES string of the molecule is Cc1nc2cc(OC[C@H](O)CN3CCN(CCCCOC4CCCc5ccccc54)CC3)ccc2s1. The number of nitrogens with zero attached hydrogens (tertiary/aromatic N) is 3. The van der Waals surface area contributed by atoms with E-state index in [0.717, 1.165) is 68.4 Å². The minimum atomic E-state index is -0.494. The highest BCUT2D eigenvalue weighted by Crippen LogP contribution is 2.32. The first kappa shape index (κ1) is 25.6. The number of β-amino-alcohol motifs (C(OH)–C–C–N with tert-alkyl or cyclic N) is 1. The molecular weight excluding hydrogens is 470 g/mol. The van der Waals surface area contributed by atoms with E-state index in [1.54, 1.807) is 11.3 Å². The summed E-state index contributed by atoms with van der Waals surface area (Å²) < 4.78 is 13.3. The molecule has 0 bridgehead atoms. The topological polar surface area (TPSA) is 58.1 Å². The second-order valence-electron chi connectivity index (χ2n) is 10.1. The number of aliphatic hydroxyl groups is 1. The van der Waals surface area contributed by atoms with Gasteiger partial charge in [-0.3, -0.25) is 4.90 Å². The fourth-order valence-electron chi connectivity index (χ4n) is 5.40. The van der Waals surface area contributed by atoms with Crippen molar-refractivity contribution in [2.45, 2.75) is 51.2 Å². The third kappa shape index (κ3) is 6.84. The maximum absolute atomic E-state index is 10.5. The number of unbranched alkanes of at least 4 members (excludes halogenated alkanes) is 1. The summed E-state index contributed by atoms with van der Waals surface area (Å²) in [6.07, 6.45) is 5.65. The summed E-state index contributed by atoms with van der Waals surface area (Å²) in [7, 11) is 0. The summed E-state index contributed by atoms with van der Waals surface area (Å²) >= 11 is 1.69. The molecule has 3 aromatic rings. The average molecular weight is 510 g/mol. The summed E-state index contributed by atoms with van der Waals surface area (Å²) in [4.78, 5) is 9.41. The second-order valence-corrected chi connectivity index (χ2v) is 11.4. The normalized spacial score (nSPS) is 19.9. The van der Waals surface area contributed by atoms with E-state index in [4.69, 9.17) is 9.47 Å². The molecule has 2 atom stereocenters. The smallest absolute Gasteiger partial charge is 0.121 e. The second kappa shape index (κ2) is 12.5. The van der Waals surface area contributed by atoms with E-state index in [0.29, 0.717) is 13.2 Å². The Morgan fingerprint density at radius 1 is 1.08 bits per heavy atom. The molecule has 1 unspecified atom stereocenters. The number of hydrogen-bond donors (Lipinski definition) is 1. The van der Waals surface area contributed by atoms with Crippen LogP contribution in [0.4, 0.5) is 0 Å². The lowest BCUT2D eigenvalue weighted by molar-refractivity contribution is 0.0332. The van der Waals surface area contributed by atoms with Crippen LogP contribution in [-0.2, 0) is 11.2 Å². The number of benzene rings is 2. The van der Waals surface area contributed by atoms with E-state index in [2.05, 4.69) is 39.0 Å². The molecule has 2 aromatic carbocycles. The van der Waals surface area contributed by atoms with Crippen molar-refractivity contribution < 1.29 is 14.6 Å². The third-order valence-electron chi connectivity index (χ3n) is 7.34. The van der Waals surface area contributed by atoms with Gasteiger partial charge in [-0.2, -0.15) is 0 Å². The number of hydrogen-bond acceptors (Lipinski definition) is 7. The van der Waals surface area contributed by atoms with E-state index in [1.807, 2.05) is 25.1 Å². The minimum Gasteiger partial charge on any atom is -0.491 e. The van der Waals surface area contributed by atoms with Crippen LogP contribution in [0.1, 0.15) is 47.9 Å². The van der Waals surface area contributed by atoms with Crippen LogP contribution in [0, 0.1) is 6.92 Å². The van der Waals surface area contributed by atoms with Crippen molar-refractivity contribution in [2.75, 3.05) is 52.5 Å². The molecule has 6 nitrogen and oxygen atoms in total. The highest BCUT2D eigenvalue weighted by atomic mass is 32.1. The van der Waals surface area contributed by atoms with Crippen molar-refractivity contribution in [1.29, 1.82) is 0 Å². The van der Waals surface area contributed by atoms with E-state index in [-0.39, 0.29) is 6.10 Å². The maximum Gasteiger partial charge on any atom is 0.121 e. The summed E-state index contributed by atoms with van der Waals surface area (Å²) in [5.41, 5.74) is 3.84. The van der Waals surface area contributed by atoms with Crippen LogP contribution < -0.4 is 4.74 Å². The molecule has 0 saturated carbocycles. The molecule has 2 aliphatic rings. The molecule has 7 heteroatoms. The van der Waals surface area contributed by atoms with Gasteiger partial charge in [-0.1, -0.05) is 24.3 Å². The molecule has 1 saturated heterocycles. The summed E-state index contributed by atoms with van der Waals surface area (Å²) in [5.74, 6) is 0.772. The van der Waals surface area contributed by atoms with Gasteiger partial charge in [0.15, 0.2) is 0 Å². The van der Waals surface area contributed by atoms with Gasteiger partial charge in [0.1, 0.15) is 18.5 Å². The Morgan fingerprint density at radius 3 is 2.81 bits per heavy atom. The number of rotatable bonds is 11. The van der Waals surface area contributed by atoms with Crippen molar-refractivity contribution >= 4 is 21.6 Å². The maximum atomic E-state index is 10.5. The van der Waals surface area contributed by atoms with Crippen LogP contribution in [-0.4, -0.2) is 78.5 Å². The van der Waals surface area contributed by atoms with Crippen molar-refractivity contribution in [3.63, 3.8) is 0 Å². The lowest BCUT2D eigenvalue weighted by Crippen LogP contribution is -2.49. The van der Waals surface area contributed by atoms with Gasteiger partial charge in [0.25, 0.3) is 0 Å². The number of aromatic nitrogens is 1. The molecule has 1 N–H and O–H groups in total. The molecule has 1 fully saturated rings. The van der Waals surface area contributed by atoms with E-state index in [9.17, 15) is 5.11 Å². The molecule has 0 amide bonds. The Kier molecular flexibility index (Phi) is 8.88. The molecule has 5 rings (SSSR count). The van der Waals surface area contributed by atoms with Crippen LogP contribution in [0.5, 0.6) is 5.75 Å². The van der Waals surface area contributed by atoms with Gasteiger partial charge in [0.05, 0.1) is 21.3 Å². The number of ether oxygens (including phenoxy) is 2. The van der Waals surface area contributed by atoms with Crippen LogP contribution in [0.25, 0.3) is 10.2 Å². The number of thiazole rings is 1. The largest absolute Gasteiger partial charge is 0.491 e. The number of aliphatic hydroxyl groups excluding tert-OH is 1. The zero-order chi connectivity index (χ0) is 24.7. The zero-order valence-corrected chi connectivity index (χ0v) is 22.2. The first-order chi connectivity index (χ1) is 17.6. The lowest BCUT2D eigenvalue weighted by atomic mass is 9.89. The predicted molar refractivity (Wildman–Crippen MR) is 146 cm³/mol. The molecule has 0 radical (unpaired) electrons. The summed E-state index contributed by atoms with van der Waals surface area (Å²) in [5, 5.41) is 11.6. The quantitative estimate of drug-likeness (QED) is 0.374. The monoisotopic (exact) mass is 509 g/mol. The number of aryl methyl sites for hydroxylation is 2. The Morgan fingerprint density at radius 2 is 1.92 bits per heavy atom. The van der Waals surface area contributed by atoms with Crippen LogP contribution in [0.3, 0.4) is 0 Å². The van der Waals surface area contributed by atoms with E-state index >= 15 is 0 Å². The fourth-order valence-corrected chi connectivity index (χ4v) is 6.20. The van der Waals surface area contributed by atoms with Crippen molar-refractivity contribution in [3.8, 4) is 5.75 Å².